The van der Waals surface area contributed by atoms with Gasteiger partial charge < -0.3 is 15.4 Å². The topological polar surface area (TPSA) is 55.6 Å². The second kappa shape index (κ2) is 7.46. The van der Waals surface area contributed by atoms with E-state index < -0.39 is 0 Å². The van der Waals surface area contributed by atoms with Gasteiger partial charge in [0.2, 0.25) is 5.91 Å². The van der Waals surface area contributed by atoms with Crippen molar-refractivity contribution in [1.29, 1.82) is 0 Å². The Kier molecular flexibility index (Phi) is 5.93. The molecule has 0 saturated carbocycles. The minimum absolute atomic E-state index is 0.0538. The van der Waals surface area contributed by atoms with E-state index in [0.717, 1.165) is 18.4 Å². The number of hydrogen-bond donors (Lipinski definition) is 1. The van der Waals surface area contributed by atoms with Gasteiger partial charge in [0.25, 0.3) is 0 Å². The van der Waals surface area contributed by atoms with Crippen LogP contribution in [0.5, 0.6) is 5.75 Å². The van der Waals surface area contributed by atoms with Gasteiger partial charge in [0.1, 0.15) is 5.75 Å². The molecule has 4 nitrogen and oxygen atoms in total. The van der Waals surface area contributed by atoms with E-state index in [-0.39, 0.29) is 5.91 Å². The molecule has 0 saturated heterocycles. The zero-order valence-corrected chi connectivity index (χ0v) is 11.8. The van der Waals surface area contributed by atoms with Crippen molar-refractivity contribution in [2.45, 2.75) is 19.8 Å². The standard InChI is InChI=1S/C15H22N2O2/c1-4-5-10-19-14-8-6-12(11-13(14)16)7-9-15(18)17(2)3/h6-9,11H,4-5,10,16H2,1-3H3/b9-7-. The Labute approximate surface area is 114 Å². The maximum Gasteiger partial charge on any atom is 0.246 e. The first-order valence-corrected chi connectivity index (χ1v) is 6.46. The molecule has 0 aliphatic heterocycles. The van der Waals surface area contributed by atoms with Gasteiger partial charge in [0, 0.05) is 20.2 Å². The zero-order chi connectivity index (χ0) is 14.3. The number of nitrogen functional groups attached to an aromatic ring is 1. The van der Waals surface area contributed by atoms with Crippen LogP contribution in [0.3, 0.4) is 0 Å². The van der Waals surface area contributed by atoms with Gasteiger partial charge in [-0.2, -0.15) is 0 Å². The van der Waals surface area contributed by atoms with E-state index in [1.165, 1.54) is 11.0 Å². The average Bonchev–Trinajstić information content (AvgIpc) is 2.38. The fourth-order valence-corrected chi connectivity index (χ4v) is 1.45. The van der Waals surface area contributed by atoms with E-state index in [1.54, 1.807) is 26.2 Å². The summed E-state index contributed by atoms with van der Waals surface area (Å²) in [5.74, 6) is 0.645. The summed E-state index contributed by atoms with van der Waals surface area (Å²) >= 11 is 0. The zero-order valence-electron chi connectivity index (χ0n) is 11.8. The number of benzene rings is 1. The van der Waals surface area contributed by atoms with Crippen LogP contribution in [-0.4, -0.2) is 31.5 Å². The van der Waals surface area contributed by atoms with Gasteiger partial charge in [0.05, 0.1) is 12.3 Å². The molecule has 0 atom stereocenters. The number of ether oxygens (including phenoxy) is 1. The number of likely N-dealkylation sites (N-methyl/N-ethyl adjacent to an activating group) is 1. The smallest absolute Gasteiger partial charge is 0.246 e. The molecule has 0 unspecified atom stereocenters. The summed E-state index contributed by atoms with van der Waals surface area (Å²) < 4.78 is 5.57. The Bertz CT molecular complexity index is 453. The largest absolute Gasteiger partial charge is 0.491 e. The Morgan fingerprint density at radius 1 is 1.42 bits per heavy atom. The van der Waals surface area contributed by atoms with Crippen molar-refractivity contribution in [2.24, 2.45) is 0 Å². The first-order chi connectivity index (χ1) is 9.04. The van der Waals surface area contributed by atoms with Crippen molar-refractivity contribution in [3.05, 3.63) is 29.8 Å². The van der Waals surface area contributed by atoms with Gasteiger partial charge in [-0.05, 0) is 30.2 Å². The number of hydrogen-bond acceptors (Lipinski definition) is 3. The summed E-state index contributed by atoms with van der Waals surface area (Å²) in [6.45, 7) is 2.79. The van der Waals surface area contributed by atoms with Crippen LogP contribution in [0.2, 0.25) is 0 Å². The summed E-state index contributed by atoms with van der Waals surface area (Å²) in [6.07, 6.45) is 5.37. The highest BCUT2D eigenvalue weighted by molar-refractivity contribution is 5.91. The number of amides is 1. The van der Waals surface area contributed by atoms with Gasteiger partial charge >= 0.3 is 0 Å². The van der Waals surface area contributed by atoms with Crippen molar-refractivity contribution in [3.63, 3.8) is 0 Å². The molecule has 0 fully saturated rings. The van der Waals surface area contributed by atoms with Crippen LogP contribution in [0, 0.1) is 0 Å². The normalized spacial score (nSPS) is 10.7. The van der Waals surface area contributed by atoms with Crippen LogP contribution in [0.15, 0.2) is 24.3 Å². The van der Waals surface area contributed by atoms with Crippen molar-refractivity contribution in [1.82, 2.24) is 4.90 Å². The minimum Gasteiger partial charge on any atom is -0.491 e. The summed E-state index contributed by atoms with van der Waals surface area (Å²) in [6, 6.07) is 5.53. The molecule has 0 bridgehead atoms. The van der Waals surface area contributed by atoms with Crippen LogP contribution in [-0.2, 0) is 4.79 Å². The highest BCUT2D eigenvalue weighted by atomic mass is 16.5. The first-order valence-electron chi connectivity index (χ1n) is 6.46. The van der Waals surface area contributed by atoms with Crippen molar-refractivity contribution in [3.8, 4) is 5.75 Å². The summed E-state index contributed by atoms with van der Waals surface area (Å²) in [7, 11) is 3.43. The molecule has 0 spiro atoms. The molecule has 0 aliphatic rings. The third kappa shape index (κ3) is 5.04. The van der Waals surface area contributed by atoms with Crippen LogP contribution in [0.25, 0.3) is 6.08 Å². The van der Waals surface area contributed by atoms with Gasteiger partial charge in [0.15, 0.2) is 0 Å². The van der Waals surface area contributed by atoms with Gasteiger partial charge in [-0.1, -0.05) is 19.4 Å². The molecule has 0 aliphatic carbocycles. The number of carbonyl (C=O) groups excluding carboxylic acids is 1. The number of carbonyl (C=O) groups is 1. The van der Waals surface area contributed by atoms with Crippen molar-refractivity contribution >= 4 is 17.7 Å². The Hall–Kier alpha value is -1.97. The average molecular weight is 262 g/mol. The predicted octanol–water partition coefficient (Wildman–Crippen LogP) is 2.55. The highest BCUT2D eigenvalue weighted by Crippen LogP contribution is 2.23. The number of nitrogens with two attached hydrogens (primary N) is 1. The maximum absolute atomic E-state index is 11.4. The Balaban J connectivity index is 2.68. The molecule has 1 aromatic rings. The van der Waals surface area contributed by atoms with E-state index in [0.29, 0.717) is 18.0 Å². The summed E-state index contributed by atoms with van der Waals surface area (Å²) in [5, 5.41) is 0. The molecular formula is C15H22N2O2. The molecule has 0 aromatic heterocycles. The molecule has 2 N–H and O–H groups in total. The summed E-state index contributed by atoms with van der Waals surface area (Å²) in [4.78, 5) is 12.9. The third-order valence-electron chi connectivity index (χ3n) is 2.65. The fraction of sp³-hybridized carbons (Fsp3) is 0.400. The summed E-state index contributed by atoms with van der Waals surface area (Å²) in [5.41, 5.74) is 7.39. The fourth-order valence-electron chi connectivity index (χ4n) is 1.45. The second-order valence-corrected chi connectivity index (χ2v) is 4.57. The highest BCUT2D eigenvalue weighted by Gasteiger charge is 2.01. The molecular weight excluding hydrogens is 240 g/mol. The molecule has 1 rings (SSSR count). The van der Waals surface area contributed by atoms with Crippen molar-refractivity contribution < 1.29 is 9.53 Å². The molecule has 1 aromatic carbocycles. The minimum atomic E-state index is -0.0538. The lowest BCUT2D eigenvalue weighted by atomic mass is 10.1. The third-order valence-corrected chi connectivity index (χ3v) is 2.65. The molecule has 4 heteroatoms. The first kappa shape index (κ1) is 15.1. The lowest BCUT2D eigenvalue weighted by Crippen LogP contribution is -2.18. The van der Waals surface area contributed by atoms with Crippen LogP contribution >= 0.6 is 0 Å². The van der Waals surface area contributed by atoms with E-state index in [2.05, 4.69) is 6.92 Å². The lowest BCUT2D eigenvalue weighted by molar-refractivity contribution is -0.123. The van der Waals surface area contributed by atoms with E-state index >= 15 is 0 Å². The van der Waals surface area contributed by atoms with E-state index in [1.807, 2.05) is 12.1 Å². The number of unbranched alkanes of at least 4 members (excludes halogenated alkanes) is 1. The van der Waals surface area contributed by atoms with Crippen LogP contribution < -0.4 is 10.5 Å². The van der Waals surface area contributed by atoms with E-state index in [9.17, 15) is 4.79 Å². The molecule has 0 radical (unpaired) electrons. The van der Waals surface area contributed by atoms with Gasteiger partial charge in [-0.15, -0.1) is 0 Å². The molecule has 0 heterocycles. The SMILES string of the molecule is CCCCOc1ccc(/C=C\C(=O)N(C)C)cc1N. The van der Waals surface area contributed by atoms with E-state index in [4.69, 9.17) is 10.5 Å². The Morgan fingerprint density at radius 2 is 2.16 bits per heavy atom. The lowest BCUT2D eigenvalue weighted by Gasteiger charge is -2.09. The van der Waals surface area contributed by atoms with Crippen LogP contribution in [0.1, 0.15) is 25.3 Å². The Morgan fingerprint density at radius 3 is 2.74 bits per heavy atom. The molecule has 1 amide bonds. The monoisotopic (exact) mass is 262 g/mol. The van der Waals surface area contributed by atoms with Crippen molar-refractivity contribution in [2.75, 3.05) is 26.4 Å². The quantitative estimate of drug-likeness (QED) is 0.487. The second-order valence-electron chi connectivity index (χ2n) is 4.57. The predicted molar refractivity (Wildman–Crippen MR) is 79.0 cm³/mol. The van der Waals surface area contributed by atoms with Crippen LogP contribution in [0.4, 0.5) is 5.69 Å². The van der Waals surface area contributed by atoms with Gasteiger partial charge in [-0.25, -0.2) is 0 Å². The molecule has 19 heavy (non-hydrogen) atoms. The molecule has 104 valence electrons. The number of nitrogens with zero attached hydrogens (tertiary/aromatic N) is 1. The number of rotatable bonds is 6. The van der Waals surface area contributed by atoms with Gasteiger partial charge in [-0.3, -0.25) is 4.79 Å². The maximum atomic E-state index is 11.4. The number of anilines is 1.